The molecule has 4 aromatic rings. The lowest BCUT2D eigenvalue weighted by Crippen LogP contribution is -2.49. The molecule has 0 radical (unpaired) electrons. The summed E-state index contributed by atoms with van der Waals surface area (Å²) in [5.74, 6) is 0.196. The summed E-state index contributed by atoms with van der Waals surface area (Å²) in [5, 5.41) is 6.72. The van der Waals surface area contributed by atoms with Gasteiger partial charge < -0.3 is 20.4 Å². The molecule has 1 aliphatic rings. The molecule has 0 unspecified atom stereocenters. The Bertz CT molecular complexity index is 1480. The molecule has 11 heteroatoms. The highest BCUT2D eigenvalue weighted by atomic mass is 32.1. The maximum Gasteiger partial charge on any atom is 0.260 e. The number of piperazine rings is 1. The first-order chi connectivity index (χ1) is 18.9. The number of nitrogens with zero attached hydrogens (tertiary/aromatic N) is 6. The van der Waals surface area contributed by atoms with Crippen molar-refractivity contribution in [3.8, 4) is 0 Å². The first-order valence-electron chi connectivity index (χ1n) is 12.9. The molecule has 0 bridgehead atoms. The van der Waals surface area contributed by atoms with E-state index in [1.807, 2.05) is 29.2 Å². The molecule has 1 saturated heterocycles. The van der Waals surface area contributed by atoms with Crippen molar-refractivity contribution in [1.82, 2.24) is 29.0 Å². The maximum atomic E-state index is 13.3. The van der Waals surface area contributed by atoms with Crippen molar-refractivity contribution >= 4 is 50.9 Å². The molecule has 0 aliphatic carbocycles. The Morgan fingerprint density at radius 1 is 1.03 bits per heavy atom. The number of aryl methyl sites for hydroxylation is 1. The van der Waals surface area contributed by atoms with Crippen LogP contribution in [0.2, 0.25) is 0 Å². The van der Waals surface area contributed by atoms with E-state index in [1.165, 1.54) is 11.5 Å². The third kappa shape index (κ3) is 6.39. The monoisotopic (exact) mass is 544 g/mol. The number of amides is 2. The Labute approximate surface area is 231 Å². The van der Waals surface area contributed by atoms with Crippen molar-refractivity contribution < 1.29 is 9.59 Å². The first kappa shape index (κ1) is 26.7. The lowest BCUT2D eigenvalue weighted by molar-refractivity contribution is 0.0629. The number of rotatable bonds is 8. The SMILES string of the molecule is Cc1nsc(Nc2cnc3ccccc3n2)c1C(=O)Nc1cccc(C(=O)N2CCN(CCN(C)C)CC2)c1. The zero-order chi connectivity index (χ0) is 27.4. The van der Waals surface area contributed by atoms with Crippen LogP contribution in [0.15, 0.2) is 54.7 Å². The van der Waals surface area contributed by atoms with E-state index in [0.717, 1.165) is 37.2 Å². The Kier molecular flexibility index (Phi) is 8.10. The van der Waals surface area contributed by atoms with E-state index in [1.54, 1.807) is 37.4 Å². The second kappa shape index (κ2) is 11.9. The third-order valence-electron chi connectivity index (χ3n) is 6.67. The number of aromatic nitrogens is 3. The van der Waals surface area contributed by atoms with E-state index in [-0.39, 0.29) is 11.8 Å². The fraction of sp³-hybridized carbons (Fsp3) is 0.321. The molecule has 10 nitrogen and oxygen atoms in total. The van der Waals surface area contributed by atoms with Crippen LogP contribution in [-0.4, -0.2) is 94.2 Å². The Hall–Kier alpha value is -3.93. The predicted octanol–water partition coefficient (Wildman–Crippen LogP) is 3.71. The second-order valence-corrected chi connectivity index (χ2v) is 10.6. The lowest BCUT2D eigenvalue weighted by Gasteiger charge is -2.35. The van der Waals surface area contributed by atoms with Crippen molar-refractivity contribution in [1.29, 1.82) is 0 Å². The summed E-state index contributed by atoms with van der Waals surface area (Å²) in [4.78, 5) is 42.0. The minimum atomic E-state index is -0.309. The number of anilines is 3. The largest absolute Gasteiger partial charge is 0.336 e. The summed E-state index contributed by atoms with van der Waals surface area (Å²) in [7, 11) is 4.14. The van der Waals surface area contributed by atoms with Crippen molar-refractivity contribution in [3.63, 3.8) is 0 Å². The molecule has 2 N–H and O–H groups in total. The molecule has 1 fully saturated rings. The summed E-state index contributed by atoms with van der Waals surface area (Å²) in [6.45, 7) is 6.89. The Balaban J connectivity index is 1.25. The van der Waals surface area contributed by atoms with Crippen LogP contribution < -0.4 is 10.6 Å². The van der Waals surface area contributed by atoms with Gasteiger partial charge in [0.25, 0.3) is 11.8 Å². The average Bonchev–Trinajstić information content (AvgIpc) is 3.31. The van der Waals surface area contributed by atoms with Crippen LogP contribution >= 0.6 is 11.5 Å². The van der Waals surface area contributed by atoms with Gasteiger partial charge in [-0.3, -0.25) is 19.5 Å². The van der Waals surface area contributed by atoms with Gasteiger partial charge in [0.2, 0.25) is 0 Å². The topological polar surface area (TPSA) is 107 Å². The van der Waals surface area contributed by atoms with Gasteiger partial charge in [0.15, 0.2) is 0 Å². The number of carbonyl (C=O) groups is 2. The molecule has 2 aromatic carbocycles. The number of hydrogen-bond acceptors (Lipinski definition) is 9. The predicted molar refractivity (Wildman–Crippen MR) is 155 cm³/mol. The van der Waals surface area contributed by atoms with Crippen LogP contribution in [0.1, 0.15) is 26.4 Å². The van der Waals surface area contributed by atoms with Gasteiger partial charge in [-0.05, 0) is 62.9 Å². The molecule has 0 spiro atoms. The molecule has 0 atom stereocenters. The van der Waals surface area contributed by atoms with Gasteiger partial charge >= 0.3 is 0 Å². The molecule has 39 heavy (non-hydrogen) atoms. The summed E-state index contributed by atoms with van der Waals surface area (Å²) < 4.78 is 4.38. The molecule has 2 amide bonds. The average molecular weight is 545 g/mol. The quantitative estimate of drug-likeness (QED) is 0.346. The van der Waals surface area contributed by atoms with E-state index in [0.29, 0.717) is 46.4 Å². The van der Waals surface area contributed by atoms with Crippen LogP contribution in [0.3, 0.4) is 0 Å². The minimum absolute atomic E-state index is 0.0241. The fourth-order valence-corrected chi connectivity index (χ4v) is 5.28. The zero-order valence-electron chi connectivity index (χ0n) is 22.3. The smallest absolute Gasteiger partial charge is 0.260 e. The van der Waals surface area contributed by atoms with E-state index in [9.17, 15) is 9.59 Å². The van der Waals surface area contributed by atoms with Crippen LogP contribution in [0.5, 0.6) is 0 Å². The van der Waals surface area contributed by atoms with Crippen LogP contribution in [-0.2, 0) is 0 Å². The normalized spacial score (nSPS) is 14.1. The summed E-state index contributed by atoms with van der Waals surface area (Å²) in [6.07, 6.45) is 1.64. The number of benzene rings is 2. The molecule has 202 valence electrons. The fourth-order valence-electron chi connectivity index (χ4n) is 4.48. The molecule has 0 saturated carbocycles. The van der Waals surface area contributed by atoms with Crippen molar-refractivity contribution in [3.05, 3.63) is 71.5 Å². The number of likely N-dealkylation sites (N-methyl/N-ethyl adjacent to an activating group) is 1. The van der Waals surface area contributed by atoms with Gasteiger partial charge in [-0.25, -0.2) is 4.98 Å². The number of carbonyl (C=O) groups excluding carboxylic acids is 2. The van der Waals surface area contributed by atoms with Crippen molar-refractivity contribution in [2.24, 2.45) is 0 Å². The van der Waals surface area contributed by atoms with Crippen molar-refractivity contribution in [2.45, 2.75) is 6.92 Å². The van der Waals surface area contributed by atoms with E-state index < -0.39 is 0 Å². The van der Waals surface area contributed by atoms with Crippen molar-refractivity contribution in [2.75, 3.05) is 64.0 Å². The lowest BCUT2D eigenvalue weighted by atomic mass is 10.1. The number of fused-ring (bicyclic) bond motifs is 1. The van der Waals surface area contributed by atoms with E-state index in [2.05, 4.69) is 48.9 Å². The van der Waals surface area contributed by atoms with Gasteiger partial charge in [-0.1, -0.05) is 18.2 Å². The van der Waals surface area contributed by atoms with Gasteiger partial charge in [0, 0.05) is 50.5 Å². The van der Waals surface area contributed by atoms with Crippen LogP contribution in [0.25, 0.3) is 11.0 Å². The van der Waals surface area contributed by atoms with Crippen LogP contribution in [0, 0.1) is 6.92 Å². The summed E-state index contributed by atoms with van der Waals surface area (Å²) >= 11 is 1.19. The van der Waals surface area contributed by atoms with Gasteiger partial charge in [-0.15, -0.1) is 0 Å². The second-order valence-electron chi connectivity index (χ2n) is 9.81. The number of para-hydroxylation sites is 2. The summed E-state index contributed by atoms with van der Waals surface area (Å²) in [6, 6.07) is 14.7. The highest BCUT2D eigenvalue weighted by Crippen LogP contribution is 2.29. The van der Waals surface area contributed by atoms with E-state index in [4.69, 9.17) is 0 Å². The van der Waals surface area contributed by atoms with E-state index >= 15 is 0 Å². The Morgan fingerprint density at radius 3 is 2.56 bits per heavy atom. The Morgan fingerprint density at radius 2 is 1.79 bits per heavy atom. The maximum absolute atomic E-state index is 13.3. The highest BCUT2D eigenvalue weighted by molar-refractivity contribution is 7.10. The van der Waals surface area contributed by atoms with Gasteiger partial charge in [-0.2, -0.15) is 4.37 Å². The molecule has 3 heterocycles. The number of nitrogens with one attached hydrogen (secondary N) is 2. The first-order valence-corrected chi connectivity index (χ1v) is 13.7. The molecular weight excluding hydrogens is 512 g/mol. The molecule has 2 aromatic heterocycles. The number of hydrogen-bond donors (Lipinski definition) is 2. The van der Waals surface area contributed by atoms with Gasteiger partial charge in [0.1, 0.15) is 10.8 Å². The third-order valence-corrected chi connectivity index (χ3v) is 7.52. The molecule has 5 rings (SSSR count). The zero-order valence-corrected chi connectivity index (χ0v) is 23.2. The molecular formula is C28H32N8O2S. The van der Waals surface area contributed by atoms with Gasteiger partial charge in [0.05, 0.1) is 28.5 Å². The highest BCUT2D eigenvalue weighted by Gasteiger charge is 2.23. The summed E-state index contributed by atoms with van der Waals surface area (Å²) in [5.41, 5.74) is 3.69. The minimum Gasteiger partial charge on any atom is -0.336 e. The standard InChI is InChI=1S/C28H32N8O2S/c1-19-25(27(39-33-19)32-24-18-29-22-9-4-5-10-23(22)31-24)26(37)30-21-8-6-7-20(17-21)28(38)36-15-13-35(14-16-36)12-11-34(2)3/h4-10,17-18H,11-16H2,1-3H3,(H,30,37)(H,31,32). The van der Waals surface area contributed by atoms with Crippen LogP contribution in [0.4, 0.5) is 16.5 Å². The molecule has 1 aliphatic heterocycles.